The average molecular weight is 426 g/mol. The van der Waals surface area contributed by atoms with Crippen molar-refractivity contribution in [3.05, 3.63) is 66.1 Å². The second-order valence-electron chi connectivity index (χ2n) is 7.20. The fraction of sp³-hybridized carbons (Fsp3) is 0.286. The van der Waals surface area contributed by atoms with Crippen LogP contribution >= 0.6 is 0 Å². The van der Waals surface area contributed by atoms with Crippen LogP contribution < -0.4 is 5.32 Å². The largest absolute Gasteiger partial charge is 0.346 e. The molecule has 1 aliphatic rings. The predicted octanol–water partition coefficient (Wildman–Crippen LogP) is 2.20. The summed E-state index contributed by atoms with van der Waals surface area (Å²) in [5, 5.41) is 7.27. The summed E-state index contributed by atoms with van der Waals surface area (Å²) in [5.41, 5.74) is 3.05. The second kappa shape index (κ2) is 8.37. The molecule has 0 aliphatic carbocycles. The summed E-state index contributed by atoms with van der Waals surface area (Å²) in [6.45, 7) is 1.37. The van der Waals surface area contributed by atoms with E-state index < -0.39 is 10.0 Å². The van der Waals surface area contributed by atoms with Crippen molar-refractivity contribution in [1.29, 1.82) is 0 Å². The quantitative estimate of drug-likeness (QED) is 0.653. The van der Waals surface area contributed by atoms with Crippen molar-refractivity contribution in [2.24, 2.45) is 7.05 Å². The molecule has 1 saturated heterocycles. The van der Waals surface area contributed by atoms with Crippen molar-refractivity contribution in [1.82, 2.24) is 24.4 Å². The van der Waals surface area contributed by atoms with Crippen LogP contribution in [0, 0.1) is 0 Å². The van der Waals surface area contributed by atoms with Gasteiger partial charge in [-0.15, -0.1) is 0 Å². The van der Waals surface area contributed by atoms with Gasteiger partial charge in [-0.2, -0.15) is 9.40 Å². The van der Waals surface area contributed by atoms with E-state index in [0.29, 0.717) is 18.7 Å². The monoisotopic (exact) mass is 425 g/mol. The summed E-state index contributed by atoms with van der Waals surface area (Å²) in [6, 6.07) is 11.8. The van der Waals surface area contributed by atoms with E-state index in [4.69, 9.17) is 0 Å². The minimum atomic E-state index is -3.48. The Hall–Kier alpha value is -3.04. The molecule has 30 heavy (non-hydrogen) atoms. The van der Waals surface area contributed by atoms with Crippen LogP contribution in [0.2, 0.25) is 0 Å². The highest BCUT2D eigenvalue weighted by molar-refractivity contribution is 7.89. The van der Waals surface area contributed by atoms with E-state index >= 15 is 0 Å². The number of amides is 1. The summed E-state index contributed by atoms with van der Waals surface area (Å²) >= 11 is 0. The van der Waals surface area contributed by atoms with E-state index in [0.717, 1.165) is 29.8 Å². The lowest BCUT2D eigenvalue weighted by Crippen LogP contribution is -2.28. The number of hydrogen-bond acceptors (Lipinski definition) is 5. The molecular weight excluding hydrogens is 402 g/mol. The Morgan fingerprint density at radius 1 is 1.07 bits per heavy atom. The van der Waals surface area contributed by atoms with Gasteiger partial charge in [0.1, 0.15) is 0 Å². The van der Waals surface area contributed by atoms with Gasteiger partial charge in [-0.05, 0) is 55.3 Å². The molecule has 8 nitrogen and oxygen atoms in total. The molecule has 156 valence electrons. The highest BCUT2D eigenvalue weighted by Crippen LogP contribution is 2.21. The van der Waals surface area contributed by atoms with Crippen molar-refractivity contribution in [3.63, 3.8) is 0 Å². The van der Waals surface area contributed by atoms with Crippen LogP contribution in [0.4, 0.5) is 0 Å². The molecule has 0 radical (unpaired) electrons. The highest BCUT2D eigenvalue weighted by atomic mass is 32.2. The third-order valence-electron chi connectivity index (χ3n) is 5.16. The van der Waals surface area contributed by atoms with Crippen molar-refractivity contribution >= 4 is 15.9 Å². The maximum atomic E-state index is 12.6. The molecule has 3 heterocycles. The number of carbonyl (C=O) groups is 1. The Morgan fingerprint density at radius 2 is 1.73 bits per heavy atom. The molecule has 1 aromatic carbocycles. The lowest BCUT2D eigenvalue weighted by Gasteiger charge is -2.15. The minimum Gasteiger partial charge on any atom is -0.346 e. The molecule has 9 heteroatoms. The van der Waals surface area contributed by atoms with Gasteiger partial charge in [0.15, 0.2) is 0 Å². The average Bonchev–Trinajstić information content (AvgIpc) is 3.43. The molecule has 1 fully saturated rings. The van der Waals surface area contributed by atoms with Gasteiger partial charge in [0.05, 0.1) is 22.8 Å². The first kappa shape index (κ1) is 20.2. The molecule has 0 unspecified atom stereocenters. The number of aromatic nitrogens is 3. The van der Waals surface area contributed by atoms with Gasteiger partial charge in [-0.3, -0.25) is 14.5 Å². The van der Waals surface area contributed by atoms with Gasteiger partial charge < -0.3 is 5.32 Å². The Kier molecular flexibility index (Phi) is 5.65. The van der Waals surface area contributed by atoms with E-state index in [1.54, 1.807) is 29.2 Å². The number of rotatable bonds is 6. The highest BCUT2D eigenvalue weighted by Gasteiger charge is 2.27. The third-order valence-corrected chi connectivity index (χ3v) is 7.07. The van der Waals surface area contributed by atoms with Crippen molar-refractivity contribution in [3.8, 4) is 11.3 Å². The molecule has 1 aliphatic heterocycles. The summed E-state index contributed by atoms with van der Waals surface area (Å²) in [6.07, 6.45) is 5.21. The fourth-order valence-electron chi connectivity index (χ4n) is 3.53. The summed E-state index contributed by atoms with van der Waals surface area (Å²) < 4.78 is 28.4. The van der Waals surface area contributed by atoms with E-state index in [2.05, 4.69) is 15.4 Å². The van der Waals surface area contributed by atoms with Crippen LogP contribution in [0.1, 0.15) is 28.9 Å². The summed E-state index contributed by atoms with van der Waals surface area (Å²) in [5.74, 6) is -0.281. The van der Waals surface area contributed by atoms with Gasteiger partial charge in [0.25, 0.3) is 5.91 Å². The smallest absolute Gasteiger partial charge is 0.251 e. The maximum absolute atomic E-state index is 12.6. The number of hydrogen-bond donors (Lipinski definition) is 1. The number of sulfonamides is 1. The zero-order valence-electron chi connectivity index (χ0n) is 16.7. The molecule has 0 saturated carbocycles. The Bertz CT molecular complexity index is 1140. The first-order chi connectivity index (χ1) is 14.4. The van der Waals surface area contributed by atoms with Gasteiger partial charge in [-0.1, -0.05) is 0 Å². The van der Waals surface area contributed by atoms with Crippen LogP contribution in [0.3, 0.4) is 0 Å². The molecule has 0 spiro atoms. The topological polar surface area (TPSA) is 97.2 Å². The molecule has 3 aromatic rings. The third kappa shape index (κ3) is 4.12. The van der Waals surface area contributed by atoms with E-state index in [1.807, 2.05) is 25.2 Å². The summed E-state index contributed by atoms with van der Waals surface area (Å²) in [7, 11) is -1.63. The Balaban J connectivity index is 1.41. The molecule has 4 rings (SSSR count). The van der Waals surface area contributed by atoms with Gasteiger partial charge in [0.2, 0.25) is 10.0 Å². The van der Waals surface area contributed by atoms with E-state index in [9.17, 15) is 13.2 Å². The lowest BCUT2D eigenvalue weighted by molar-refractivity contribution is 0.0950. The van der Waals surface area contributed by atoms with Crippen LogP contribution in [0.5, 0.6) is 0 Å². The summed E-state index contributed by atoms with van der Waals surface area (Å²) in [4.78, 5) is 16.7. The zero-order valence-corrected chi connectivity index (χ0v) is 17.5. The van der Waals surface area contributed by atoms with Crippen LogP contribution in [0.25, 0.3) is 11.3 Å². The van der Waals surface area contributed by atoms with Crippen molar-refractivity contribution in [2.45, 2.75) is 24.3 Å². The second-order valence-corrected chi connectivity index (χ2v) is 9.14. The standard InChI is InChI=1S/C21H23N5O3S/c1-25-20(16-8-10-22-11-9-16)14-18(24-25)15-23-21(27)17-4-6-19(7-5-17)30(28,29)26-12-2-3-13-26/h4-11,14H,2-3,12-13,15H2,1H3,(H,23,27). The number of nitrogens with zero attached hydrogens (tertiary/aromatic N) is 4. The number of nitrogens with one attached hydrogen (secondary N) is 1. The van der Waals surface area contributed by atoms with E-state index in [-0.39, 0.29) is 17.3 Å². The van der Waals surface area contributed by atoms with Gasteiger partial charge >= 0.3 is 0 Å². The zero-order chi connectivity index (χ0) is 21.1. The molecule has 2 aromatic heterocycles. The van der Waals surface area contributed by atoms with Gasteiger partial charge in [0, 0.05) is 43.7 Å². The normalized spacial score (nSPS) is 14.7. The lowest BCUT2D eigenvalue weighted by atomic mass is 10.2. The molecular formula is C21H23N5O3S. The Morgan fingerprint density at radius 3 is 2.40 bits per heavy atom. The predicted molar refractivity (Wildman–Crippen MR) is 112 cm³/mol. The fourth-order valence-corrected chi connectivity index (χ4v) is 5.05. The molecule has 1 amide bonds. The minimum absolute atomic E-state index is 0.215. The van der Waals surface area contributed by atoms with Gasteiger partial charge in [-0.25, -0.2) is 8.42 Å². The van der Waals surface area contributed by atoms with Crippen LogP contribution in [0.15, 0.2) is 59.8 Å². The molecule has 1 N–H and O–H groups in total. The number of carbonyl (C=O) groups excluding carboxylic acids is 1. The number of aryl methyl sites for hydroxylation is 1. The van der Waals surface area contributed by atoms with Crippen molar-refractivity contribution < 1.29 is 13.2 Å². The number of pyridine rings is 1. The first-order valence-corrected chi connectivity index (χ1v) is 11.2. The SMILES string of the molecule is Cn1nc(CNC(=O)c2ccc(S(=O)(=O)N3CCCC3)cc2)cc1-c1ccncc1. The first-order valence-electron chi connectivity index (χ1n) is 9.77. The molecule has 0 bridgehead atoms. The van der Waals surface area contributed by atoms with E-state index in [1.165, 1.54) is 16.4 Å². The van der Waals surface area contributed by atoms with Crippen LogP contribution in [-0.4, -0.2) is 46.5 Å². The molecule has 0 atom stereocenters. The maximum Gasteiger partial charge on any atom is 0.251 e. The van der Waals surface area contributed by atoms with Crippen LogP contribution in [-0.2, 0) is 23.6 Å². The van der Waals surface area contributed by atoms with Crippen molar-refractivity contribution in [2.75, 3.05) is 13.1 Å². The Labute approximate surface area is 175 Å². The number of benzene rings is 1.